The molecule has 29 heavy (non-hydrogen) atoms. The minimum Gasteiger partial charge on any atom is -0.336 e. The predicted octanol–water partition coefficient (Wildman–Crippen LogP) is 2.39. The number of sulfonamides is 1. The van der Waals surface area contributed by atoms with E-state index in [-0.39, 0.29) is 23.9 Å². The summed E-state index contributed by atoms with van der Waals surface area (Å²) >= 11 is 0. The molecule has 2 aromatic heterocycles. The molecule has 0 unspecified atom stereocenters. The first kappa shape index (κ1) is 19.5. The molecule has 4 rings (SSSR count). The number of hydrogen-bond acceptors (Lipinski definition) is 5. The third-order valence-electron chi connectivity index (χ3n) is 5.19. The molecule has 0 aliphatic carbocycles. The van der Waals surface area contributed by atoms with Crippen LogP contribution in [0.25, 0.3) is 10.9 Å². The standard InChI is InChI=1S/C21H22N4O3S/c1-15-5-6-17-13-19(16(2)23-20(17)12-15)21(26)24-8-10-25(11-9-24)29(27,28)18-4-3-7-22-14-18/h3-7,12-14H,8-11H2,1-2H3. The monoisotopic (exact) mass is 410 g/mol. The van der Waals surface area contributed by atoms with E-state index in [2.05, 4.69) is 9.97 Å². The number of benzene rings is 1. The number of amides is 1. The number of piperazine rings is 1. The van der Waals surface area contributed by atoms with Gasteiger partial charge in [0.25, 0.3) is 5.91 Å². The van der Waals surface area contributed by atoms with Gasteiger partial charge in [0.15, 0.2) is 0 Å². The number of hydrogen-bond donors (Lipinski definition) is 0. The maximum Gasteiger partial charge on any atom is 0.255 e. The Morgan fingerprint density at radius 2 is 1.79 bits per heavy atom. The van der Waals surface area contributed by atoms with Gasteiger partial charge in [0.05, 0.1) is 16.8 Å². The molecule has 1 amide bonds. The van der Waals surface area contributed by atoms with Crippen molar-refractivity contribution in [1.82, 2.24) is 19.2 Å². The molecule has 7 nitrogen and oxygen atoms in total. The second-order valence-corrected chi connectivity index (χ2v) is 9.14. The van der Waals surface area contributed by atoms with Gasteiger partial charge < -0.3 is 4.90 Å². The second-order valence-electron chi connectivity index (χ2n) is 7.20. The number of carbonyl (C=O) groups excluding carboxylic acids is 1. The maximum absolute atomic E-state index is 13.1. The van der Waals surface area contributed by atoms with Crippen molar-refractivity contribution in [1.29, 1.82) is 0 Å². The highest BCUT2D eigenvalue weighted by molar-refractivity contribution is 7.89. The van der Waals surface area contributed by atoms with Crippen molar-refractivity contribution in [3.8, 4) is 0 Å². The quantitative estimate of drug-likeness (QED) is 0.662. The molecule has 3 aromatic rings. The summed E-state index contributed by atoms with van der Waals surface area (Å²) in [5.74, 6) is -0.115. The number of aromatic nitrogens is 2. The van der Waals surface area contributed by atoms with Gasteiger partial charge in [0.2, 0.25) is 10.0 Å². The van der Waals surface area contributed by atoms with Crippen LogP contribution in [0.15, 0.2) is 53.7 Å². The largest absolute Gasteiger partial charge is 0.336 e. The average Bonchev–Trinajstić information content (AvgIpc) is 2.73. The van der Waals surface area contributed by atoms with E-state index in [1.165, 1.54) is 22.8 Å². The Morgan fingerprint density at radius 3 is 2.48 bits per heavy atom. The Morgan fingerprint density at radius 1 is 1.03 bits per heavy atom. The molecule has 0 bridgehead atoms. The number of rotatable bonds is 3. The van der Waals surface area contributed by atoms with E-state index < -0.39 is 10.0 Å². The fourth-order valence-electron chi connectivity index (χ4n) is 3.54. The predicted molar refractivity (Wildman–Crippen MR) is 110 cm³/mol. The van der Waals surface area contributed by atoms with Gasteiger partial charge in [-0.25, -0.2) is 8.42 Å². The van der Waals surface area contributed by atoms with E-state index >= 15 is 0 Å². The fourth-order valence-corrected chi connectivity index (χ4v) is 4.93. The second kappa shape index (κ2) is 7.53. The van der Waals surface area contributed by atoms with Gasteiger partial charge in [-0.1, -0.05) is 12.1 Å². The van der Waals surface area contributed by atoms with Crippen molar-refractivity contribution < 1.29 is 13.2 Å². The highest BCUT2D eigenvalue weighted by Crippen LogP contribution is 2.21. The molecule has 1 aromatic carbocycles. The van der Waals surface area contributed by atoms with Crippen molar-refractivity contribution in [2.45, 2.75) is 18.7 Å². The van der Waals surface area contributed by atoms with Crippen molar-refractivity contribution >= 4 is 26.8 Å². The van der Waals surface area contributed by atoms with E-state index in [0.717, 1.165) is 16.5 Å². The van der Waals surface area contributed by atoms with Crippen LogP contribution in [0.1, 0.15) is 21.6 Å². The highest BCUT2D eigenvalue weighted by atomic mass is 32.2. The van der Waals surface area contributed by atoms with E-state index in [4.69, 9.17) is 0 Å². The maximum atomic E-state index is 13.1. The normalized spacial score (nSPS) is 15.6. The Labute approximate surface area is 170 Å². The molecular weight excluding hydrogens is 388 g/mol. The Bertz CT molecular complexity index is 1170. The van der Waals surface area contributed by atoms with Crippen LogP contribution >= 0.6 is 0 Å². The zero-order valence-electron chi connectivity index (χ0n) is 16.4. The number of carbonyl (C=O) groups is 1. The third kappa shape index (κ3) is 3.73. The van der Waals surface area contributed by atoms with E-state index in [1.807, 2.05) is 38.1 Å². The van der Waals surface area contributed by atoms with Crippen LogP contribution in [-0.2, 0) is 10.0 Å². The number of nitrogens with zero attached hydrogens (tertiary/aromatic N) is 4. The molecule has 1 aliphatic heterocycles. The highest BCUT2D eigenvalue weighted by Gasteiger charge is 2.31. The van der Waals surface area contributed by atoms with Gasteiger partial charge in [0.1, 0.15) is 4.90 Å². The topological polar surface area (TPSA) is 83.5 Å². The van der Waals surface area contributed by atoms with Gasteiger partial charge >= 0.3 is 0 Å². The average molecular weight is 410 g/mol. The van der Waals surface area contributed by atoms with E-state index in [9.17, 15) is 13.2 Å². The Hall–Kier alpha value is -2.84. The Balaban J connectivity index is 1.52. The summed E-state index contributed by atoms with van der Waals surface area (Å²) < 4.78 is 26.9. The number of pyridine rings is 2. The lowest BCUT2D eigenvalue weighted by Gasteiger charge is -2.34. The van der Waals surface area contributed by atoms with Gasteiger partial charge in [-0.05, 0) is 43.7 Å². The summed E-state index contributed by atoms with van der Waals surface area (Å²) in [4.78, 5) is 23.4. The summed E-state index contributed by atoms with van der Waals surface area (Å²) in [5, 5.41) is 0.919. The van der Waals surface area contributed by atoms with Crippen LogP contribution in [-0.4, -0.2) is 59.7 Å². The smallest absolute Gasteiger partial charge is 0.255 e. The Kier molecular flexibility index (Phi) is 5.06. The number of fused-ring (bicyclic) bond motifs is 1. The van der Waals surface area contributed by atoms with Gasteiger partial charge in [-0.3, -0.25) is 14.8 Å². The minimum atomic E-state index is -3.60. The molecule has 0 saturated carbocycles. The summed E-state index contributed by atoms with van der Waals surface area (Å²) in [6.45, 7) is 5.02. The van der Waals surface area contributed by atoms with Crippen molar-refractivity contribution in [3.05, 3.63) is 65.6 Å². The SMILES string of the molecule is Cc1ccc2cc(C(=O)N3CCN(S(=O)(=O)c4cccnc4)CC3)c(C)nc2c1. The summed E-state index contributed by atoms with van der Waals surface area (Å²) in [6.07, 6.45) is 2.88. The molecule has 0 N–H and O–H groups in total. The summed E-state index contributed by atoms with van der Waals surface area (Å²) in [5.41, 5.74) is 3.23. The molecule has 1 aliphatic rings. The van der Waals surface area contributed by atoms with Crippen LogP contribution in [0.4, 0.5) is 0 Å². The fraction of sp³-hybridized carbons (Fsp3) is 0.286. The molecular formula is C21H22N4O3S. The molecule has 0 atom stereocenters. The minimum absolute atomic E-state index is 0.115. The van der Waals surface area contributed by atoms with E-state index in [1.54, 1.807) is 11.0 Å². The van der Waals surface area contributed by atoms with Crippen molar-refractivity contribution in [2.75, 3.05) is 26.2 Å². The summed E-state index contributed by atoms with van der Waals surface area (Å²) in [7, 11) is -3.60. The van der Waals surface area contributed by atoms with Crippen LogP contribution in [0.5, 0.6) is 0 Å². The molecule has 0 radical (unpaired) electrons. The number of aryl methyl sites for hydroxylation is 2. The first-order valence-electron chi connectivity index (χ1n) is 9.44. The zero-order valence-corrected chi connectivity index (χ0v) is 17.2. The molecule has 8 heteroatoms. The lowest BCUT2D eigenvalue weighted by Crippen LogP contribution is -2.50. The van der Waals surface area contributed by atoms with Crippen molar-refractivity contribution in [2.24, 2.45) is 0 Å². The zero-order chi connectivity index (χ0) is 20.6. The molecule has 1 fully saturated rings. The van der Waals surface area contributed by atoms with Gasteiger partial charge in [0, 0.05) is 44.0 Å². The van der Waals surface area contributed by atoms with E-state index in [0.29, 0.717) is 24.3 Å². The lowest BCUT2D eigenvalue weighted by molar-refractivity contribution is 0.0697. The molecule has 0 spiro atoms. The van der Waals surface area contributed by atoms with Crippen LogP contribution in [0, 0.1) is 13.8 Å². The first-order valence-corrected chi connectivity index (χ1v) is 10.9. The first-order chi connectivity index (χ1) is 13.9. The van der Waals surface area contributed by atoms with Gasteiger partial charge in [-0.2, -0.15) is 4.31 Å². The van der Waals surface area contributed by atoms with Gasteiger partial charge in [-0.15, -0.1) is 0 Å². The van der Waals surface area contributed by atoms with Crippen molar-refractivity contribution in [3.63, 3.8) is 0 Å². The van der Waals surface area contributed by atoms with Crippen LogP contribution in [0.3, 0.4) is 0 Å². The van der Waals surface area contributed by atoms with Crippen LogP contribution < -0.4 is 0 Å². The van der Waals surface area contributed by atoms with Crippen LogP contribution in [0.2, 0.25) is 0 Å². The lowest BCUT2D eigenvalue weighted by atomic mass is 10.1. The molecule has 150 valence electrons. The summed E-state index contributed by atoms with van der Waals surface area (Å²) in [6, 6.07) is 11.0. The molecule has 1 saturated heterocycles. The third-order valence-corrected chi connectivity index (χ3v) is 7.07. The molecule has 3 heterocycles.